The summed E-state index contributed by atoms with van der Waals surface area (Å²) in [6.45, 7) is 2.60. The molecule has 0 aliphatic heterocycles. The second kappa shape index (κ2) is 7.47. The maximum Gasteiger partial charge on any atom is 0.331 e. The summed E-state index contributed by atoms with van der Waals surface area (Å²) in [5, 5.41) is 0. The van der Waals surface area contributed by atoms with Crippen LogP contribution in [-0.2, 0) is 9.09 Å². The summed E-state index contributed by atoms with van der Waals surface area (Å²) in [7, 11) is -3.32. The average molecular weight is 248 g/mol. The second-order valence-electron chi connectivity index (χ2n) is 4.75. The number of hydrogen-bond acceptors (Lipinski definition) is 2. The minimum absolute atomic E-state index is 0.0903. The van der Waals surface area contributed by atoms with E-state index in [1.165, 1.54) is 19.3 Å². The van der Waals surface area contributed by atoms with Crippen molar-refractivity contribution < 1.29 is 14.0 Å². The van der Waals surface area contributed by atoms with E-state index >= 15 is 0 Å². The van der Waals surface area contributed by atoms with E-state index in [9.17, 15) is 9.46 Å². The van der Waals surface area contributed by atoms with Crippen molar-refractivity contribution >= 4 is 7.60 Å². The molecule has 4 heteroatoms. The standard InChI is InChI=1S/C12H25O3P/c1-2-3-4-8-11-15-16(13,14)12-9-6-5-7-10-12/h12H,2-11H2,1H3,(H,13,14). The van der Waals surface area contributed by atoms with Crippen LogP contribution in [0.3, 0.4) is 0 Å². The van der Waals surface area contributed by atoms with Gasteiger partial charge in [-0.3, -0.25) is 4.57 Å². The molecule has 0 amide bonds. The Hall–Kier alpha value is 0.150. The summed E-state index contributed by atoms with van der Waals surface area (Å²) >= 11 is 0. The van der Waals surface area contributed by atoms with Crippen molar-refractivity contribution in [2.75, 3.05) is 6.61 Å². The van der Waals surface area contributed by atoms with E-state index < -0.39 is 7.60 Å². The molecule has 16 heavy (non-hydrogen) atoms. The van der Waals surface area contributed by atoms with E-state index in [1.54, 1.807) is 0 Å². The zero-order valence-corrected chi connectivity index (χ0v) is 11.3. The third-order valence-corrected chi connectivity index (χ3v) is 5.30. The molecule has 0 heterocycles. The lowest BCUT2D eigenvalue weighted by atomic mass is 10.0. The molecule has 3 nitrogen and oxygen atoms in total. The lowest BCUT2D eigenvalue weighted by Crippen LogP contribution is -2.14. The van der Waals surface area contributed by atoms with E-state index in [0.29, 0.717) is 6.61 Å². The van der Waals surface area contributed by atoms with Crippen molar-refractivity contribution in [3.05, 3.63) is 0 Å². The highest BCUT2D eigenvalue weighted by atomic mass is 31.2. The molecule has 1 unspecified atom stereocenters. The molecule has 0 bridgehead atoms. The van der Waals surface area contributed by atoms with Gasteiger partial charge < -0.3 is 9.42 Å². The van der Waals surface area contributed by atoms with E-state index in [0.717, 1.165) is 38.5 Å². The van der Waals surface area contributed by atoms with Gasteiger partial charge in [0.25, 0.3) is 0 Å². The highest BCUT2D eigenvalue weighted by Crippen LogP contribution is 2.52. The van der Waals surface area contributed by atoms with Crippen LogP contribution in [0.5, 0.6) is 0 Å². The summed E-state index contributed by atoms with van der Waals surface area (Å²) in [4.78, 5) is 9.83. The maximum absolute atomic E-state index is 11.9. The summed E-state index contributed by atoms with van der Waals surface area (Å²) in [5.41, 5.74) is -0.0903. The molecule has 0 aromatic carbocycles. The Kier molecular flexibility index (Phi) is 6.64. The van der Waals surface area contributed by atoms with Crippen LogP contribution < -0.4 is 0 Å². The average Bonchev–Trinajstić information content (AvgIpc) is 2.30. The van der Waals surface area contributed by atoms with Gasteiger partial charge in [-0.1, -0.05) is 45.4 Å². The van der Waals surface area contributed by atoms with Gasteiger partial charge in [0.1, 0.15) is 0 Å². The Labute approximate surface area is 99.1 Å². The largest absolute Gasteiger partial charge is 0.331 e. The van der Waals surface area contributed by atoms with E-state index in [1.807, 2.05) is 0 Å². The zero-order chi connectivity index (χ0) is 11.9. The minimum atomic E-state index is -3.32. The number of rotatable bonds is 7. The summed E-state index contributed by atoms with van der Waals surface area (Å²) in [5.74, 6) is 0. The predicted molar refractivity (Wildman–Crippen MR) is 66.8 cm³/mol. The molecule has 0 spiro atoms. The Balaban J connectivity index is 2.19. The molecule has 0 radical (unpaired) electrons. The third kappa shape index (κ3) is 4.99. The minimum Gasteiger partial charge on any atom is -0.324 e. The first kappa shape index (κ1) is 14.2. The fraction of sp³-hybridized carbons (Fsp3) is 1.00. The fourth-order valence-electron chi connectivity index (χ4n) is 2.24. The topological polar surface area (TPSA) is 46.5 Å². The van der Waals surface area contributed by atoms with Crippen molar-refractivity contribution in [2.45, 2.75) is 70.4 Å². The maximum atomic E-state index is 11.9. The van der Waals surface area contributed by atoms with Crippen molar-refractivity contribution in [3.8, 4) is 0 Å². The summed E-state index contributed by atoms with van der Waals surface area (Å²) < 4.78 is 17.2. The van der Waals surface area contributed by atoms with Crippen molar-refractivity contribution in [3.63, 3.8) is 0 Å². The molecule has 1 atom stereocenters. The van der Waals surface area contributed by atoms with Crippen LogP contribution in [0.1, 0.15) is 64.7 Å². The molecule has 1 aliphatic rings. The molecule has 1 saturated carbocycles. The Morgan fingerprint density at radius 3 is 2.50 bits per heavy atom. The zero-order valence-electron chi connectivity index (χ0n) is 10.4. The number of unbranched alkanes of at least 4 members (excludes halogenated alkanes) is 3. The first-order valence-corrected chi connectivity index (χ1v) is 8.28. The van der Waals surface area contributed by atoms with Gasteiger partial charge in [-0.25, -0.2) is 0 Å². The SMILES string of the molecule is CCCCCCOP(=O)(O)C1CCCCC1. The molecule has 0 saturated heterocycles. The summed E-state index contributed by atoms with van der Waals surface area (Å²) in [6.07, 6.45) is 9.45. The highest BCUT2D eigenvalue weighted by Gasteiger charge is 2.32. The quantitative estimate of drug-likeness (QED) is 0.545. The van der Waals surface area contributed by atoms with Crippen molar-refractivity contribution in [1.82, 2.24) is 0 Å². The van der Waals surface area contributed by atoms with Gasteiger partial charge in [-0.2, -0.15) is 0 Å². The fourth-order valence-corrected chi connectivity index (χ4v) is 3.86. The van der Waals surface area contributed by atoms with Crippen LogP contribution in [0.15, 0.2) is 0 Å². The van der Waals surface area contributed by atoms with Gasteiger partial charge in [0.05, 0.1) is 12.3 Å². The Morgan fingerprint density at radius 2 is 1.88 bits per heavy atom. The Bertz CT molecular complexity index is 224. The van der Waals surface area contributed by atoms with Crippen molar-refractivity contribution in [2.24, 2.45) is 0 Å². The van der Waals surface area contributed by atoms with Gasteiger partial charge in [0, 0.05) is 0 Å². The Morgan fingerprint density at radius 1 is 1.19 bits per heavy atom. The molecule has 1 aliphatic carbocycles. The third-order valence-electron chi connectivity index (χ3n) is 3.31. The lowest BCUT2D eigenvalue weighted by Gasteiger charge is -2.25. The molecular weight excluding hydrogens is 223 g/mol. The number of hydrogen-bond donors (Lipinski definition) is 1. The van der Waals surface area contributed by atoms with Crippen LogP contribution in [0.25, 0.3) is 0 Å². The van der Waals surface area contributed by atoms with Gasteiger partial charge in [0.15, 0.2) is 0 Å². The monoisotopic (exact) mass is 248 g/mol. The molecule has 1 N–H and O–H groups in total. The first-order chi connectivity index (χ1) is 7.67. The normalized spacial score (nSPS) is 21.9. The smallest absolute Gasteiger partial charge is 0.324 e. The van der Waals surface area contributed by atoms with Gasteiger partial charge in [-0.15, -0.1) is 0 Å². The van der Waals surface area contributed by atoms with Crippen LogP contribution in [0.2, 0.25) is 0 Å². The van der Waals surface area contributed by atoms with E-state index in [2.05, 4.69) is 6.92 Å². The summed E-state index contributed by atoms with van der Waals surface area (Å²) in [6, 6.07) is 0. The van der Waals surface area contributed by atoms with Crippen LogP contribution in [0.4, 0.5) is 0 Å². The molecule has 1 rings (SSSR count). The van der Waals surface area contributed by atoms with E-state index in [4.69, 9.17) is 4.52 Å². The second-order valence-corrected chi connectivity index (χ2v) is 6.87. The van der Waals surface area contributed by atoms with Crippen LogP contribution >= 0.6 is 7.60 Å². The van der Waals surface area contributed by atoms with Crippen LogP contribution in [-0.4, -0.2) is 17.2 Å². The molecule has 1 fully saturated rings. The van der Waals surface area contributed by atoms with Gasteiger partial charge >= 0.3 is 7.60 Å². The highest BCUT2D eigenvalue weighted by molar-refractivity contribution is 7.53. The molecule has 96 valence electrons. The molecule has 0 aromatic heterocycles. The van der Waals surface area contributed by atoms with Crippen LogP contribution in [0, 0.1) is 0 Å². The molecule has 0 aromatic rings. The lowest BCUT2D eigenvalue weighted by molar-refractivity contribution is 0.237. The van der Waals surface area contributed by atoms with E-state index in [-0.39, 0.29) is 5.66 Å². The van der Waals surface area contributed by atoms with Gasteiger partial charge in [-0.05, 0) is 19.3 Å². The first-order valence-electron chi connectivity index (χ1n) is 6.64. The molecular formula is C12H25O3P. The van der Waals surface area contributed by atoms with Gasteiger partial charge in [0.2, 0.25) is 0 Å². The van der Waals surface area contributed by atoms with Crippen molar-refractivity contribution in [1.29, 1.82) is 0 Å². The predicted octanol–water partition coefficient (Wildman–Crippen LogP) is 4.10.